The van der Waals surface area contributed by atoms with Gasteiger partial charge in [0.25, 0.3) is 0 Å². The monoisotopic (exact) mass is 303 g/mol. The van der Waals surface area contributed by atoms with Crippen molar-refractivity contribution in [3.8, 4) is 0 Å². The molecule has 0 saturated heterocycles. The van der Waals surface area contributed by atoms with Gasteiger partial charge < -0.3 is 4.57 Å². The highest BCUT2D eigenvalue weighted by Crippen LogP contribution is 2.38. The minimum atomic E-state index is -0.471. The van der Waals surface area contributed by atoms with Crippen molar-refractivity contribution < 1.29 is 8.78 Å². The van der Waals surface area contributed by atoms with Gasteiger partial charge in [-0.15, -0.1) is 0 Å². The second-order valence-electron chi connectivity index (χ2n) is 6.31. The summed E-state index contributed by atoms with van der Waals surface area (Å²) in [5.74, 6) is -0.941. The van der Waals surface area contributed by atoms with Gasteiger partial charge in [0.05, 0.1) is 12.0 Å². The molecule has 1 saturated carbocycles. The van der Waals surface area contributed by atoms with E-state index in [9.17, 15) is 8.78 Å². The Hall–Kier alpha value is -1.75. The highest BCUT2D eigenvalue weighted by atomic mass is 19.1. The molecule has 0 spiro atoms. The van der Waals surface area contributed by atoms with Gasteiger partial charge in [0, 0.05) is 42.9 Å². The fourth-order valence-electron chi connectivity index (χ4n) is 3.44. The van der Waals surface area contributed by atoms with Gasteiger partial charge in [0.1, 0.15) is 11.6 Å². The van der Waals surface area contributed by atoms with Crippen LogP contribution in [0.1, 0.15) is 48.8 Å². The predicted molar refractivity (Wildman–Crippen MR) is 79.4 cm³/mol. The topological polar surface area (TPSA) is 21.1 Å². The second kappa shape index (κ2) is 5.16. The number of nitrogens with zero attached hydrogens (tertiary/aromatic N) is 3. The number of hydrogen-bond acceptors (Lipinski definition) is 2. The normalized spacial score (nSPS) is 20.0. The van der Waals surface area contributed by atoms with Crippen LogP contribution in [-0.2, 0) is 13.0 Å². The SMILES string of the molecule is C[C@H](c1c(F)cccc1F)N1CCc2c(ncn2C2CC2)C1. The quantitative estimate of drug-likeness (QED) is 0.863. The summed E-state index contributed by atoms with van der Waals surface area (Å²) < 4.78 is 30.3. The molecule has 1 aromatic carbocycles. The molecule has 2 heterocycles. The summed E-state index contributed by atoms with van der Waals surface area (Å²) in [6.45, 7) is 3.33. The molecular weight excluding hydrogens is 284 g/mol. The lowest BCUT2D eigenvalue weighted by molar-refractivity contribution is 0.180. The number of aromatic nitrogens is 2. The fraction of sp³-hybridized carbons (Fsp3) is 0.471. The molecule has 116 valence electrons. The van der Waals surface area contributed by atoms with Crippen molar-refractivity contribution in [2.24, 2.45) is 0 Å². The molecule has 0 unspecified atom stereocenters. The number of benzene rings is 1. The first-order chi connectivity index (χ1) is 10.6. The van der Waals surface area contributed by atoms with Crippen LogP contribution in [0, 0.1) is 11.6 Å². The lowest BCUT2D eigenvalue weighted by atomic mass is 10.0. The molecular formula is C17H19F2N3. The predicted octanol–water partition coefficient (Wildman–Crippen LogP) is 3.62. The van der Waals surface area contributed by atoms with Crippen LogP contribution in [0.3, 0.4) is 0 Å². The minimum absolute atomic E-state index is 0.160. The van der Waals surface area contributed by atoms with Gasteiger partial charge in [-0.3, -0.25) is 4.90 Å². The first-order valence-corrected chi connectivity index (χ1v) is 7.87. The van der Waals surface area contributed by atoms with E-state index in [2.05, 4.69) is 14.5 Å². The molecule has 22 heavy (non-hydrogen) atoms. The molecule has 1 aliphatic carbocycles. The Labute approximate surface area is 128 Å². The van der Waals surface area contributed by atoms with Crippen LogP contribution >= 0.6 is 0 Å². The van der Waals surface area contributed by atoms with E-state index >= 15 is 0 Å². The van der Waals surface area contributed by atoms with Crippen LogP contribution in [0.4, 0.5) is 8.78 Å². The highest BCUT2D eigenvalue weighted by Gasteiger charge is 2.31. The van der Waals surface area contributed by atoms with Gasteiger partial charge in [0.2, 0.25) is 0 Å². The maximum atomic E-state index is 14.0. The Bertz CT molecular complexity index is 686. The van der Waals surface area contributed by atoms with Crippen molar-refractivity contribution in [1.82, 2.24) is 14.5 Å². The van der Waals surface area contributed by atoms with Crippen molar-refractivity contribution in [3.05, 3.63) is 53.1 Å². The largest absolute Gasteiger partial charge is 0.331 e. The van der Waals surface area contributed by atoms with Gasteiger partial charge in [0.15, 0.2) is 0 Å². The van der Waals surface area contributed by atoms with E-state index in [0.717, 1.165) is 18.7 Å². The zero-order chi connectivity index (χ0) is 15.3. The van der Waals surface area contributed by atoms with Crippen LogP contribution in [0.2, 0.25) is 0 Å². The lowest BCUT2D eigenvalue weighted by Crippen LogP contribution is -2.34. The van der Waals surface area contributed by atoms with E-state index in [0.29, 0.717) is 12.6 Å². The maximum absolute atomic E-state index is 14.0. The molecule has 1 atom stereocenters. The molecule has 4 rings (SSSR count). The Balaban J connectivity index is 1.59. The molecule has 1 aromatic heterocycles. The minimum Gasteiger partial charge on any atom is -0.331 e. The Kier molecular flexibility index (Phi) is 3.26. The van der Waals surface area contributed by atoms with Gasteiger partial charge in [-0.1, -0.05) is 6.07 Å². The molecule has 0 amide bonds. The Morgan fingerprint density at radius 1 is 1.23 bits per heavy atom. The van der Waals surface area contributed by atoms with Gasteiger partial charge >= 0.3 is 0 Å². The van der Waals surface area contributed by atoms with Crippen LogP contribution in [0.15, 0.2) is 24.5 Å². The number of hydrogen-bond donors (Lipinski definition) is 0. The average Bonchev–Trinajstić information content (AvgIpc) is 3.26. The molecule has 0 N–H and O–H groups in total. The van der Waals surface area contributed by atoms with Crippen molar-refractivity contribution in [2.45, 2.75) is 44.8 Å². The van der Waals surface area contributed by atoms with Crippen molar-refractivity contribution in [2.75, 3.05) is 6.54 Å². The van der Waals surface area contributed by atoms with Crippen LogP contribution in [0.5, 0.6) is 0 Å². The lowest BCUT2D eigenvalue weighted by Gasteiger charge is -2.32. The fourth-order valence-corrected chi connectivity index (χ4v) is 3.44. The maximum Gasteiger partial charge on any atom is 0.130 e. The van der Waals surface area contributed by atoms with Crippen molar-refractivity contribution in [3.63, 3.8) is 0 Å². The van der Waals surface area contributed by atoms with E-state index in [1.165, 1.54) is 36.7 Å². The summed E-state index contributed by atoms with van der Waals surface area (Å²) in [5, 5.41) is 0. The van der Waals surface area contributed by atoms with E-state index in [4.69, 9.17) is 0 Å². The zero-order valence-corrected chi connectivity index (χ0v) is 12.6. The van der Waals surface area contributed by atoms with Crippen molar-refractivity contribution in [1.29, 1.82) is 0 Å². The van der Waals surface area contributed by atoms with E-state index in [-0.39, 0.29) is 11.6 Å². The van der Waals surface area contributed by atoms with E-state index < -0.39 is 11.6 Å². The summed E-state index contributed by atoms with van der Waals surface area (Å²) in [6, 6.07) is 4.40. The van der Waals surface area contributed by atoms with E-state index in [1.54, 1.807) is 0 Å². The van der Waals surface area contributed by atoms with Crippen LogP contribution in [0.25, 0.3) is 0 Å². The smallest absolute Gasteiger partial charge is 0.130 e. The molecule has 1 aliphatic heterocycles. The zero-order valence-electron chi connectivity index (χ0n) is 12.6. The van der Waals surface area contributed by atoms with Crippen LogP contribution in [-0.4, -0.2) is 21.0 Å². The first kappa shape index (κ1) is 13.9. The molecule has 2 aliphatic rings. The number of imidazole rings is 1. The summed E-state index contributed by atoms with van der Waals surface area (Å²) >= 11 is 0. The number of fused-ring (bicyclic) bond motifs is 1. The Morgan fingerprint density at radius 2 is 1.95 bits per heavy atom. The highest BCUT2D eigenvalue weighted by molar-refractivity contribution is 5.25. The Morgan fingerprint density at radius 3 is 2.64 bits per heavy atom. The molecule has 0 bridgehead atoms. The van der Waals surface area contributed by atoms with Crippen LogP contribution < -0.4 is 0 Å². The molecule has 0 radical (unpaired) electrons. The molecule has 3 nitrogen and oxygen atoms in total. The van der Waals surface area contributed by atoms with Crippen molar-refractivity contribution >= 4 is 0 Å². The molecule has 5 heteroatoms. The third-order valence-corrected chi connectivity index (χ3v) is 4.88. The first-order valence-electron chi connectivity index (χ1n) is 7.87. The summed E-state index contributed by atoms with van der Waals surface area (Å²) in [5.41, 5.74) is 2.52. The third-order valence-electron chi connectivity index (χ3n) is 4.88. The third kappa shape index (κ3) is 2.24. The summed E-state index contributed by atoms with van der Waals surface area (Å²) in [7, 11) is 0. The van der Waals surface area contributed by atoms with Gasteiger partial charge in [-0.25, -0.2) is 13.8 Å². The summed E-state index contributed by atoms with van der Waals surface area (Å²) in [6.07, 6.45) is 5.30. The standard InChI is InChI=1S/C17H19F2N3/c1-11(17-13(18)3-2-4-14(17)19)21-8-7-16-15(9-21)20-10-22(16)12-5-6-12/h2-4,10-12H,5-9H2,1H3/t11-/m1/s1. The number of rotatable bonds is 3. The second-order valence-corrected chi connectivity index (χ2v) is 6.31. The molecule has 2 aromatic rings. The average molecular weight is 303 g/mol. The molecule has 1 fully saturated rings. The van der Waals surface area contributed by atoms with Gasteiger partial charge in [-0.05, 0) is 31.9 Å². The summed E-state index contributed by atoms with van der Waals surface area (Å²) in [4.78, 5) is 6.63. The van der Waals surface area contributed by atoms with Gasteiger partial charge in [-0.2, -0.15) is 0 Å². The number of halogens is 2. The van der Waals surface area contributed by atoms with E-state index in [1.807, 2.05) is 13.3 Å².